The number of ether oxygens (including phenoxy) is 2. The van der Waals surface area contributed by atoms with Crippen molar-refractivity contribution >= 4 is 16.1 Å². The van der Waals surface area contributed by atoms with Crippen LogP contribution in [-0.4, -0.2) is 38.7 Å². The Morgan fingerprint density at radius 2 is 1.79 bits per heavy atom. The average molecular weight is 514 g/mol. The predicted molar refractivity (Wildman–Crippen MR) is 103 cm³/mol. The van der Waals surface area contributed by atoms with Crippen LogP contribution in [0.4, 0.5) is 26.3 Å². The highest BCUT2D eigenvalue weighted by Gasteiger charge is 2.49. The van der Waals surface area contributed by atoms with Crippen LogP contribution < -0.4 is 8.92 Å². The highest BCUT2D eigenvalue weighted by molar-refractivity contribution is 7.88. The summed E-state index contributed by atoms with van der Waals surface area (Å²) in [4.78, 5) is 12.0. The van der Waals surface area contributed by atoms with Crippen LogP contribution in [0, 0.1) is 0 Å². The highest BCUT2D eigenvalue weighted by Crippen LogP contribution is 2.46. The third kappa shape index (κ3) is 4.92. The van der Waals surface area contributed by atoms with Gasteiger partial charge < -0.3 is 18.8 Å². The zero-order valence-electron chi connectivity index (χ0n) is 17.2. The van der Waals surface area contributed by atoms with Gasteiger partial charge in [0.25, 0.3) is 0 Å². The van der Waals surface area contributed by atoms with Gasteiger partial charge in [-0.05, 0) is 48.2 Å². The van der Waals surface area contributed by atoms with E-state index in [1.54, 1.807) is 0 Å². The molecule has 34 heavy (non-hydrogen) atoms. The van der Waals surface area contributed by atoms with Gasteiger partial charge >= 0.3 is 27.8 Å². The molecule has 186 valence electrons. The van der Waals surface area contributed by atoms with Gasteiger partial charge in [-0.3, -0.25) is 0 Å². The minimum atomic E-state index is -6.32. The molecule has 1 atom stereocenters. The van der Waals surface area contributed by atoms with E-state index in [0.717, 1.165) is 13.2 Å². The fourth-order valence-electron chi connectivity index (χ4n) is 3.41. The normalized spacial score (nSPS) is 15.2. The maximum absolute atomic E-state index is 13.8. The summed E-state index contributed by atoms with van der Waals surface area (Å²) in [6, 6.07) is 4.28. The second-order valence-corrected chi connectivity index (χ2v) is 8.62. The number of aliphatic hydroxyl groups is 1. The van der Waals surface area contributed by atoms with Gasteiger partial charge in [0, 0.05) is 11.1 Å². The van der Waals surface area contributed by atoms with Crippen molar-refractivity contribution in [2.75, 3.05) is 13.7 Å². The minimum Gasteiger partial charge on any atom is -0.493 e. The van der Waals surface area contributed by atoms with Crippen LogP contribution in [-0.2, 0) is 32.2 Å². The van der Waals surface area contributed by atoms with Crippen LogP contribution in [0.2, 0.25) is 0 Å². The molecule has 1 aliphatic rings. The van der Waals surface area contributed by atoms with Crippen molar-refractivity contribution in [3.8, 4) is 22.6 Å². The molecule has 0 bridgehead atoms. The van der Waals surface area contributed by atoms with E-state index in [2.05, 4.69) is 8.92 Å². The first-order valence-electron chi connectivity index (χ1n) is 9.44. The van der Waals surface area contributed by atoms with E-state index in [4.69, 9.17) is 4.74 Å². The molecular weight excluding hydrogens is 498 g/mol. The van der Waals surface area contributed by atoms with Crippen molar-refractivity contribution < 1.29 is 58.3 Å². The van der Waals surface area contributed by atoms with Gasteiger partial charge in [-0.15, -0.1) is 0 Å². The molecule has 14 heteroatoms. The molecular formula is C20H16F6O7S. The smallest absolute Gasteiger partial charge is 0.493 e. The number of halogens is 6. The Morgan fingerprint density at radius 1 is 1.12 bits per heavy atom. The lowest BCUT2D eigenvalue weighted by Crippen LogP contribution is -2.28. The number of aliphatic hydroxyl groups excluding tert-OH is 1. The lowest BCUT2D eigenvalue weighted by molar-refractivity contribution is -0.152. The molecule has 1 unspecified atom stereocenters. The van der Waals surface area contributed by atoms with Crippen LogP contribution in [0.3, 0.4) is 0 Å². The first-order chi connectivity index (χ1) is 15.7. The van der Waals surface area contributed by atoms with Crippen molar-refractivity contribution in [2.24, 2.45) is 0 Å². The summed E-state index contributed by atoms with van der Waals surface area (Å²) in [5.74, 6) is -2.38. The molecule has 0 spiro atoms. The van der Waals surface area contributed by atoms with Crippen molar-refractivity contribution in [1.29, 1.82) is 0 Å². The number of fused-ring (bicyclic) bond motifs is 1. The van der Waals surface area contributed by atoms with Gasteiger partial charge in [-0.2, -0.15) is 34.8 Å². The minimum absolute atomic E-state index is 0.202. The molecule has 1 heterocycles. The second-order valence-electron chi connectivity index (χ2n) is 7.08. The van der Waals surface area contributed by atoms with Crippen molar-refractivity contribution in [3.05, 3.63) is 47.0 Å². The molecule has 3 rings (SSSR count). The number of aryl methyl sites for hydroxylation is 1. The Bertz CT molecular complexity index is 1210. The number of hydrogen-bond acceptors (Lipinski definition) is 7. The molecule has 0 fully saturated rings. The number of alkyl halides is 6. The molecule has 0 amide bonds. The van der Waals surface area contributed by atoms with Crippen LogP contribution in [0.15, 0.2) is 30.3 Å². The summed E-state index contributed by atoms with van der Waals surface area (Å²) in [5, 5.41) is 10.4. The first-order valence-corrected chi connectivity index (χ1v) is 10.8. The van der Waals surface area contributed by atoms with Gasteiger partial charge in [0.2, 0.25) is 0 Å². The highest BCUT2D eigenvalue weighted by atomic mass is 32.2. The lowest BCUT2D eigenvalue weighted by atomic mass is 9.89. The maximum atomic E-state index is 13.8. The van der Waals surface area contributed by atoms with Crippen LogP contribution >= 0.6 is 0 Å². The number of rotatable bonds is 5. The van der Waals surface area contributed by atoms with Gasteiger partial charge in [0.1, 0.15) is 5.75 Å². The Hall–Kier alpha value is -3.00. The van der Waals surface area contributed by atoms with E-state index in [1.165, 1.54) is 12.1 Å². The zero-order chi connectivity index (χ0) is 25.5. The molecule has 1 N–H and O–H groups in total. The van der Waals surface area contributed by atoms with Crippen molar-refractivity contribution in [3.63, 3.8) is 0 Å². The summed E-state index contributed by atoms with van der Waals surface area (Å²) in [6.07, 6.45) is -6.91. The zero-order valence-corrected chi connectivity index (χ0v) is 18.0. The molecule has 0 radical (unpaired) electrons. The molecule has 0 aromatic heterocycles. The maximum Gasteiger partial charge on any atom is 0.534 e. The summed E-state index contributed by atoms with van der Waals surface area (Å²) in [7, 11) is -5.55. The average Bonchev–Trinajstić information content (AvgIpc) is 2.75. The molecule has 1 aliphatic heterocycles. The van der Waals surface area contributed by atoms with E-state index < -0.39 is 56.3 Å². The molecule has 7 nitrogen and oxygen atoms in total. The predicted octanol–water partition coefficient (Wildman–Crippen LogP) is 4.13. The number of carbonyl (C=O) groups excluding carboxylic acids is 1. The summed E-state index contributed by atoms with van der Waals surface area (Å²) in [6.45, 7) is 0.362. The summed E-state index contributed by atoms with van der Waals surface area (Å²) in [5.41, 5.74) is -9.41. The standard InChI is InChI=1S/C20H16F6O7S/c1-31-18(28)17(27)16-12(19(21,22)23)5-7-14(33-34(29,30)20(24,25)26)15(16)11-4-6-13-10(9-11)3-2-8-32-13/h4-7,9,17,27H,2-3,8H2,1H3. The number of esters is 1. The topological polar surface area (TPSA) is 99.1 Å². The largest absolute Gasteiger partial charge is 0.534 e. The van der Waals surface area contributed by atoms with Gasteiger partial charge in [0.05, 0.1) is 19.3 Å². The third-order valence-corrected chi connectivity index (χ3v) is 5.86. The summed E-state index contributed by atoms with van der Waals surface area (Å²) < 4.78 is 117. The van der Waals surface area contributed by atoms with E-state index in [1.807, 2.05) is 0 Å². The first kappa shape index (κ1) is 25.6. The van der Waals surface area contributed by atoms with Gasteiger partial charge in [-0.25, -0.2) is 4.79 Å². The molecule has 0 saturated heterocycles. The third-order valence-electron chi connectivity index (χ3n) is 4.89. The number of benzene rings is 2. The van der Waals surface area contributed by atoms with Crippen molar-refractivity contribution in [1.82, 2.24) is 0 Å². The Kier molecular flexibility index (Phi) is 6.77. The SMILES string of the molecule is COC(=O)C(O)c1c(C(F)(F)F)ccc(OS(=O)(=O)C(F)(F)F)c1-c1ccc2c(c1)CCCO2. The van der Waals surface area contributed by atoms with Crippen molar-refractivity contribution in [2.45, 2.75) is 30.6 Å². The number of carbonyl (C=O) groups is 1. The fourth-order valence-corrected chi connectivity index (χ4v) is 3.88. The Morgan fingerprint density at radius 3 is 2.38 bits per heavy atom. The van der Waals surface area contributed by atoms with Gasteiger partial charge in [-0.1, -0.05) is 6.07 Å². The Balaban J connectivity index is 2.38. The van der Waals surface area contributed by atoms with Crippen LogP contribution in [0.25, 0.3) is 11.1 Å². The molecule has 0 saturated carbocycles. The van der Waals surface area contributed by atoms with E-state index in [-0.39, 0.29) is 11.6 Å². The van der Waals surface area contributed by atoms with Gasteiger partial charge in [0.15, 0.2) is 11.9 Å². The Labute approximate surface area is 189 Å². The van der Waals surface area contributed by atoms with E-state index >= 15 is 0 Å². The van der Waals surface area contributed by atoms with Crippen LogP contribution in [0.5, 0.6) is 11.5 Å². The number of hydrogen-bond donors (Lipinski definition) is 1. The van der Waals surface area contributed by atoms with E-state index in [0.29, 0.717) is 36.8 Å². The number of methoxy groups -OCH3 is 1. The lowest BCUT2D eigenvalue weighted by Gasteiger charge is -2.24. The quantitative estimate of drug-likeness (QED) is 0.277. The monoisotopic (exact) mass is 514 g/mol. The fraction of sp³-hybridized carbons (Fsp3) is 0.350. The summed E-state index contributed by atoms with van der Waals surface area (Å²) >= 11 is 0. The molecule has 0 aliphatic carbocycles. The van der Waals surface area contributed by atoms with E-state index in [9.17, 15) is 44.7 Å². The second kappa shape index (κ2) is 8.98. The van der Waals surface area contributed by atoms with Crippen LogP contribution in [0.1, 0.15) is 29.2 Å². The molecule has 2 aromatic rings. The molecule has 2 aromatic carbocycles.